The van der Waals surface area contributed by atoms with Crippen molar-refractivity contribution in [2.75, 3.05) is 18.5 Å². The van der Waals surface area contributed by atoms with E-state index in [4.69, 9.17) is 0 Å². The van der Waals surface area contributed by atoms with Crippen molar-refractivity contribution in [2.45, 2.75) is 39.7 Å². The van der Waals surface area contributed by atoms with Gasteiger partial charge < -0.3 is 21.1 Å². The van der Waals surface area contributed by atoms with E-state index in [1.54, 1.807) is 0 Å². The Balaban J connectivity index is 1.72. The molecular formula is C23H31N3O3. The Hall–Kier alpha value is -2.86. The SMILES string of the molecule is CCCC(=O)Nc1ccc(CNC(=O)NCC(CO)Cc2ccc(C)cc2)cc1. The number of rotatable bonds is 10. The summed E-state index contributed by atoms with van der Waals surface area (Å²) in [5.74, 6) is -0.0312. The molecule has 1 atom stereocenters. The highest BCUT2D eigenvalue weighted by atomic mass is 16.3. The molecule has 0 saturated carbocycles. The van der Waals surface area contributed by atoms with Crippen molar-refractivity contribution in [1.29, 1.82) is 0 Å². The molecule has 156 valence electrons. The molecule has 0 radical (unpaired) electrons. The minimum atomic E-state index is -0.271. The topological polar surface area (TPSA) is 90.5 Å². The number of amides is 3. The number of aliphatic hydroxyl groups is 1. The van der Waals surface area contributed by atoms with Crippen molar-refractivity contribution in [1.82, 2.24) is 10.6 Å². The van der Waals surface area contributed by atoms with E-state index in [2.05, 4.69) is 16.0 Å². The fourth-order valence-electron chi connectivity index (χ4n) is 2.90. The molecule has 1 unspecified atom stereocenters. The second kappa shape index (κ2) is 11.9. The molecule has 4 N–H and O–H groups in total. The normalized spacial score (nSPS) is 11.6. The third-order valence-electron chi connectivity index (χ3n) is 4.62. The van der Waals surface area contributed by atoms with Crippen LogP contribution < -0.4 is 16.0 Å². The Kier molecular flexibility index (Phi) is 9.18. The van der Waals surface area contributed by atoms with Gasteiger partial charge in [0.25, 0.3) is 0 Å². The first kappa shape index (κ1) is 22.4. The van der Waals surface area contributed by atoms with Crippen molar-refractivity contribution in [3.8, 4) is 0 Å². The van der Waals surface area contributed by atoms with Crippen LogP contribution in [0.5, 0.6) is 0 Å². The second-order valence-corrected chi connectivity index (χ2v) is 7.30. The maximum atomic E-state index is 12.1. The molecule has 0 aromatic heterocycles. The zero-order chi connectivity index (χ0) is 21.1. The third kappa shape index (κ3) is 8.35. The molecule has 0 saturated heterocycles. The molecule has 0 aliphatic heterocycles. The molecule has 0 fully saturated rings. The summed E-state index contributed by atoms with van der Waals surface area (Å²) < 4.78 is 0. The summed E-state index contributed by atoms with van der Waals surface area (Å²) in [7, 11) is 0. The molecule has 0 aliphatic carbocycles. The highest BCUT2D eigenvalue weighted by Crippen LogP contribution is 2.11. The zero-order valence-electron chi connectivity index (χ0n) is 17.2. The number of benzene rings is 2. The summed E-state index contributed by atoms with van der Waals surface area (Å²) in [5.41, 5.74) is 4.02. The predicted molar refractivity (Wildman–Crippen MR) is 116 cm³/mol. The molecule has 0 aliphatic rings. The van der Waals surface area contributed by atoms with E-state index in [0.717, 1.165) is 23.2 Å². The highest BCUT2D eigenvalue weighted by Gasteiger charge is 2.11. The molecule has 2 aromatic carbocycles. The van der Waals surface area contributed by atoms with Gasteiger partial charge in [-0.1, -0.05) is 48.9 Å². The lowest BCUT2D eigenvalue weighted by Crippen LogP contribution is -2.39. The Morgan fingerprint density at radius 3 is 2.24 bits per heavy atom. The van der Waals surface area contributed by atoms with Crippen molar-refractivity contribution in [3.05, 3.63) is 65.2 Å². The molecule has 0 bridgehead atoms. The number of hydrogen-bond acceptors (Lipinski definition) is 3. The van der Waals surface area contributed by atoms with Gasteiger partial charge in [-0.2, -0.15) is 0 Å². The number of carbonyl (C=O) groups excluding carboxylic acids is 2. The van der Waals surface area contributed by atoms with Crippen LogP contribution in [-0.2, 0) is 17.8 Å². The van der Waals surface area contributed by atoms with Gasteiger partial charge >= 0.3 is 6.03 Å². The lowest BCUT2D eigenvalue weighted by atomic mass is 9.99. The zero-order valence-corrected chi connectivity index (χ0v) is 17.2. The fourth-order valence-corrected chi connectivity index (χ4v) is 2.90. The number of aryl methyl sites for hydroxylation is 1. The van der Waals surface area contributed by atoms with Crippen molar-refractivity contribution >= 4 is 17.6 Å². The highest BCUT2D eigenvalue weighted by molar-refractivity contribution is 5.90. The molecule has 29 heavy (non-hydrogen) atoms. The van der Waals surface area contributed by atoms with Gasteiger partial charge in [-0.25, -0.2) is 4.79 Å². The van der Waals surface area contributed by atoms with Gasteiger partial charge in [0.05, 0.1) is 0 Å². The van der Waals surface area contributed by atoms with E-state index < -0.39 is 0 Å². The minimum absolute atomic E-state index is 0.00169. The molecule has 0 spiro atoms. The summed E-state index contributed by atoms with van der Waals surface area (Å²) in [5, 5.41) is 18.0. The third-order valence-corrected chi connectivity index (χ3v) is 4.62. The predicted octanol–water partition coefficient (Wildman–Crippen LogP) is 3.38. The van der Waals surface area contributed by atoms with Gasteiger partial charge in [0, 0.05) is 37.7 Å². The number of carbonyl (C=O) groups is 2. The van der Waals surface area contributed by atoms with E-state index in [9.17, 15) is 14.7 Å². The van der Waals surface area contributed by atoms with E-state index in [1.807, 2.05) is 62.4 Å². The van der Waals surface area contributed by atoms with Gasteiger partial charge in [0.15, 0.2) is 0 Å². The number of urea groups is 1. The summed E-state index contributed by atoms with van der Waals surface area (Å²) in [6.45, 7) is 4.80. The van der Waals surface area contributed by atoms with Gasteiger partial charge in [-0.05, 0) is 43.0 Å². The number of anilines is 1. The monoisotopic (exact) mass is 397 g/mol. The average Bonchev–Trinajstić information content (AvgIpc) is 2.72. The van der Waals surface area contributed by atoms with Crippen LogP contribution in [0, 0.1) is 12.8 Å². The standard InChI is InChI=1S/C23H31N3O3/c1-3-4-22(28)26-21-11-9-19(10-12-21)14-24-23(29)25-15-20(16-27)13-18-7-5-17(2)6-8-18/h5-12,20,27H,3-4,13-16H2,1-2H3,(H,26,28)(H2,24,25,29). The van der Waals surface area contributed by atoms with Crippen LogP contribution >= 0.6 is 0 Å². The van der Waals surface area contributed by atoms with E-state index in [1.165, 1.54) is 5.56 Å². The average molecular weight is 398 g/mol. The summed E-state index contributed by atoms with van der Waals surface area (Å²) in [4.78, 5) is 23.7. The van der Waals surface area contributed by atoms with Gasteiger partial charge in [-0.15, -0.1) is 0 Å². The van der Waals surface area contributed by atoms with Crippen LogP contribution in [0.15, 0.2) is 48.5 Å². The summed E-state index contributed by atoms with van der Waals surface area (Å²) in [6.07, 6.45) is 2.02. The minimum Gasteiger partial charge on any atom is -0.396 e. The van der Waals surface area contributed by atoms with Crippen LogP contribution in [0.1, 0.15) is 36.5 Å². The molecule has 6 heteroatoms. The lowest BCUT2D eigenvalue weighted by molar-refractivity contribution is -0.116. The van der Waals surface area contributed by atoms with E-state index in [0.29, 0.717) is 25.9 Å². The first-order chi connectivity index (χ1) is 14.0. The quantitative estimate of drug-likeness (QED) is 0.495. The summed E-state index contributed by atoms with van der Waals surface area (Å²) >= 11 is 0. The van der Waals surface area contributed by atoms with Crippen LogP contribution in [-0.4, -0.2) is 30.2 Å². The fraction of sp³-hybridized carbons (Fsp3) is 0.391. The Labute approximate surface area is 172 Å². The van der Waals surface area contributed by atoms with Crippen molar-refractivity contribution < 1.29 is 14.7 Å². The van der Waals surface area contributed by atoms with Crippen LogP contribution in [0.25, 0.3) is 0 Å². The smallest absolute Gasteiger partial charge is 0.315 e. The van der Waals surface area contributed by atoms with E-state index >= 15 is 0 Å². The van der Waals surface area contributed by atoms with Crippen molar-refractivity contribution in [2.24, 2.45) is 5.92 Å². The van der Waals surface area contributed by atoms with Gasteiger partial charge in [-0.3, -0.25) is 4.79 Å². The van der Waals surface area contributed by atoms with Crippen molar-refractivity contribution in [3.63, 3.8) is 0 Å². The molecular weight excluding hydrogens is 366 g/mol. The maximum absolute atomic E-state index is 12.1. The molecule has 2 rings (SSSR count). The Morgan fingerprint density at radius 1 is 0.966 bits per heavy atom. The first-order valence-corrected chi connectivity index (χ1v) is 10.1. The molecule has 3 amide bonds. The van der Waals surface area contributed by atoms with Crippen LogP contribution in [0.2, 0.25) is 0 Å². The summed E-state index contributed by atoms with van der Waals surface area (Å²) in [6, 6.07) is 15.3. The van der Waals surface area contributed by atoms with Crippen LogP contribution in [0.4, 0.5) is 10.5 Å². The second-order valence-electron chi connectivity index (χ2n) is 7.30. The first-order valence-electron chi connectivity index (χ1n) is 10.1. The maximum Gasteiger partial charge on any atom is 0.315 e. The Morgan fingerprint density at radius 2 is 1.62 bits per heavy atom. The molecule has 6 nitrogen and oxygen atoms in total. The van der Waals surface area contributed by atoms with Gasteiger partial charge in [0.1, 0.15) is 0 Å². The number of aliphatic hydroxyl groups excluding tert-OH is 1. The number of nitrogens with one attached hydrogen (secondary N) is 3. The largest absolute Gasteiger partial charge is 0.396 e. The molecule has 2 aromatic rings. The molecule has 0 heterocycles. The van der Waals surface area contributed by atoms with Crippen LogP contribution in [0.3, 0.4) is 0 Å². The van der Waals surface area contributed by atoms with E-state index in [-0.39, 0.29) is 24.5 Å². The lowest BCUT2D eigenvalue weighted by Gasteiger charge is -2.16. The number of hydrogen-bond donors (Lipinski definition) is 4. The van der Waals surface area contributed by atoms with Gasteiger partial charge in [0.2, 0.25) is 5.91 Å². The Bertz CT molecular complexity index is 773.